The molecule has 3 aromatic rings. The molecule has 0 unspecified atom stereocenters. The highest BCUT2D eigenvalue weighted by Gasteiger charge is 2.20. The topological polar surface area (TPSA) is 88.5 Å². The second-order valence-electron chi connectivity index (χ2n) is 4.23. The number of carboxylic acids is 1. The summed E-state index contributed by atoms with van der Waals surface area (Å²) in [6, 6.07) is 4.90. The van der Waals surface area contributed by atoms with E-state index in [9.17, 15) is 9.90 Å². The van der Waals surface area contributed by atoms with Gasteiger partial charge < -0.3 is 19.3 Å². The van der Waals surface area contributed by atoms with Gasteiger partial charge in [-0.05, 0) is 18.2 Å². The van der Waals surface area contributed by atoms with Gasteiger partial charge in [-0.3, -0.25) is 0 Å². The summed E-state index contributed by atoms with van der Waals surface area (Å²) >= 11 is 0. The average Bonchev–Trinajstić information content (AvgIpc) is 2.94. The summed E-state index contributed by atoms with van der Waals surface area (Å²) in [7, 11) is 1.83. The van der Waals surface area contributed by atoms with E-state index in [0.717, 1.165) is 5.52 Å². The van der Waals surface area contributed by atoms with Gasteiger partial charge in [-0.25, -0.2) is 4.79 Å². The number of aryl methyl sites for hydroxylation is 1. The number of aromatic nitrogens is 2. The third-order valence-corrected chi connectivity index (χ3v) is 3.02. The minimum absolute atomic E-state index is 0.00385. The number of phenolic OH excluding ortho intramolecular Hbond substituents is 1. The predicted octanol–water partition coefficient (Wildman–Crippen LogP) is 2.24. The molecule has 0 radical (unpaired) electrons. The minimum atomic E-state index is -1.10. The van der Waals surface area contributed by atoms with Crippen LogP contribution in [0.3, 0.4) is 0 Å². The summed E-state index contributed by atoms with van der Waals surface area (Å²) < 4.78 is 6.88. The maximum atomic E-state index is 11.1. The molecule has 1 aromatic carbocycles. The van der Waals surface area contributed by atoms with E-state index in [-0.39, 0.29) is 17.1 Å². The first-order valence-electron chi connectivity index (χ1n) is 5.54. The number of aromatic hydroxyl groups is 1. The molecule has 0 saturated heterocycles. The Hall–Kier alpha value is -2.76. The Kier molecular flexibility index (Phi) is 2.31. The van der Waals surface area contributed by atoms with E-state index in [0.29, 0.717) is 10.9 Å². The minimum Gasteiger partial charge on any atom is -0.508 e. The van der Waals surface area contributed by atoms with Crippen LogP contribution in [0.5, 0.6) is 5.75 Å². The number of hydrogen-bond acceptors (Lipinski definition) is 4. The SMILES string of the molecule is Cn1cc(-c2oncc2C(=O)O)c2cc(O)ccc21. The fourth-order valence-corrected chi connectivity index (χ4v) is 2.15. The van der Waals surface area contributed by atoms with Crippen LogP contribution in [0.4, 0.5) is 0 Å². The summed E-state index contributed by atoms with van der Waals surface area (Å²) in [6.45, 7) is 0. The second kappa shape index (κ2) is 3.88. The molecule has 2 N–H and O–H groups in total. The Morgan fingerprint density at radius 2 is 2.21 bits per heavy atom. The average molecular weight is 258 g/mol. The van der Waals surface area contributed by atoms with Gasteiger partial charge >= 0.3 is 5.97 Å². The van der Waals surface area contributed by atoms with Gasteiger partial charge in [0.1, 0.15) is 11.3 Å². The molecule has 3 rings (SSSR count). The van der Waals surface area contributed by atoms with Crippen LogP contribution in [0.1, 0.15) is 10.4 Å². The molecule has 96 valence electrons. The molecule has 0 fully saturated rings. The molecule has 0 aliphatic heterocycles. The molecule has 19 heavy (non-hydrogen) atoms. The van der Waals surface area contributed by atoms with Crippen molar-refractivity contribution in [2.75, 3.05) is 0 Å². The van der Waals surface area contributed by atoms with Crippen molar-refractivity contribution in [2.24, 2.45) is 7.05 Å². The summed E-state index contributed by atoms with van der Waals surface area (Å²) in [5.41, 5.74) is 1.44. The summed E-state index contributed by atoms with van der Waals surface area (Å²) in [5.74, 6) is -0.812. The van der Waals surface area contributed by atoms with Gasteiger partial charge in [-0.15, -0.1) is 0 Å². The second-order valence-corrected chi connectivity index (χ2v) is 4.23. The van der Waals surface area contributed by atoms with Crippen molar-refractivity contribution in [3.8, 4) is 17.1 Å². The van der Waals surface area contributed by atoms with Crippen LogP contribution in [0.15, 0.2) is 35.1 Å². The van der Waals surface area contributed by atoms with Gasteiger partial charge in [-0.2, -0.15) is 0 Å². The van der Waals surface area contributed by atoms with Crippen LogP contribution in [-0.4, -0.2) is 25.9 Å². The monoisotopic (exact) mass is 258 g/mol. The number of nitrogens with zero attached hydrogens (tertiary/aromatic N) is 2. The number of carboxylic acid groups (broad SMARTS) is 1. The van der Waals surface area contributed by atoms with E-state index in [4.69, 9.17) is 9.63 Å². The molecule has 6 heteroatoms. The Morgan fingerprint density at radius 3 is 2.95 bits per heavy atom. The standard InChI is InChI=1S/C13H10N2O4/c1-15-6-10(8-4-7(16)2-3-11(8)15)12-9(13(17)18)5-14-19-12/h2-6,16H,1H3,(H,17,18). The first kappa shape index (κ1) is 11.3. The summed E-state index contributed by atoms with van der Waals surface area (Å²) in [6.07, 6.45) is 2.91. The smallest absolute Gasteiger partial charge is 0.341 e. The zero-order valence-electron chi connectivity index (χ0n) is 9.99. The van der Waals surface area contributed by atoms with Gasteiger partial charge in [0, 0.05) is 29.7 Å². The van der Waals surface area contributed by atoms with Crippen LogP contribution in [0, 0.1) is 0 Å². The Bertz CT molecular complexity index is 785. The molecule has 2 heterocycles. The molecule has 0 atom stereocenters. The van der Waals surface area contributed by atoms with Crippen molar-refractivity contribution >= 4 is 16.9 Å². The zero-order valence-corrected chi connectivity index (χ0v) is 9.99. The lowest BCUT2D eigenvalue weighted by Crippen LogP contribution is -1.95. The van der Waals surface area contributed by atoms with E-state index in [1.54, 1.807) is 24.4 Å². The molecule has 6 nitrogen and oxygen atoms in total. The summed E-state index contributed by atoms with van der Waals surface area (Å²) in [4.78, 5) is 11.1. The number of benzene rings is 1. The fourth-order valence-electron chi connectivity index (χ4n) is 2.15. The number of phenols is 1. The maximum Gasteiger partial charge on any atom is 0.341 e. The Balaban J connectivity index is 2.33. The van der Waals surface area contributed by atoms with Crippen molar-refractivity contribution < 1.29 is 19.5 Å². The fraction of sp³-hybridized carbons (Fsp3) is 0.0769. The van der Waals surface area contributed by atoms with Gasteiger partial charge in [0.2, 0.25) is 0 Å². The molecule has 0 aliphatic rings. The van der Waals surface area contributed by atoms with Crippen LogP contribution < -0.4 is 0 Å². The zero-order chi connectivity index (χ0) is 13.6. The molecule has 0 bridgehead atoms. The van der Waals surface area contributed by atoms with Crippen molar-refractivity contribution in [2.45, 2.75) is 0 Å². The number of aromatic carboxylic acids is 1. The lowest BCUT2D eigenvalue weighted by molar-refractivity contribution is 0.0697. The lowest BCUT2D eigenvalue weighted by Gasteiger charge is -1.97. The van der Waals surface area contributed by atoms with Crippen molar-refractivity contribution in [3.05, 3.63) is 36.2 Å². The molecular formula is C13H10N2O4. The highest BCUT2D eigenvalue weighted by molar-refractivity contribution is 6.01. The van der Waals surface area contributed by atoms with E-state index in [1.165, 1.54) is 6.20 Å². The van der Waals surface area contributed by atoms with Crippen LogP contribution >= 0.6 is 0 Å². The Labute approximate surface area is 107 Å². The quantitative estimate of drug-likeness (QED) is 0.735. The van der Waals surface area contributed by atoms with Gasteiger partial charge in [0.25, 0.3) is 0 Å². The number of carbonyl (C=O) groups is 1. The van der Waals surface area contributed by atoms with Crippen molar-refractivity contribution in [1.29, 1.82) is 0 Å². The van der Waals surface area contributed by atoms with E-state index >= 15 is 0 Å². The van der Waals surface area contributed by atoms with Gasteiger partial charge in [-0.1, -0.05) is 5.16 Å². The maximum absolute atomic E-state index is 11.1. The van der Waals surface area contributed by atoms with E-state index in [2.05, 4.69) is 5.16 Å². The third-order valence-electron chi connectivity index (χ3n) is 3.02. The van der Waals surface area contributed by atoms with Gasteiger partial charge in [0.15, 0.2) is 5.76 Å². The Morgan fingerprint density at radius 1 is 1.42 bits per heavy atom. The number of rotatable bonds is 2. The van der Waals surface area contributed by atoms with Crippen molar-refractivity contribution in [1.82, 2.24) is 9.72 Å². The number of fused-ring (bicyclic) bond motifs is 1. The lowest BCUT2D eigenvalue weighted by atomic mass is 10.1. The molecule has 0 spiro atoms. The normalized spacial score (nSPS) is 11.0. The highest BCUT2D eigenvalue weighted by Crippen LogP contribution is 2.34. The van der Waals surface area contributed by atoms with Crippen LogP contribution in [0.2, 0.25) is 0 Å². The largest absolute Gasteiger partial charge is 0.508 e. The van der Waals surface area contributed by atoms with E-state index < -0.39 is 5.97 Å². The van der Waals surface area contributed by atoms with Crippen LogP contribution in [0.25, 0.3) is 22.2 Å². The molecule has 0 aliphatic carbocycles. The van der Waals surface area contributed by atoms with Gasteiger partial charge in [0.05, 0.1) is 6.20 Å². The third kappa shape index (κ3) is 1.65. The molecule has 0 amide bonds. The first-order valence-corrected chi connectivity index (χ1v) is 5.54. The van der Waals surface area contributed by atoms with E-state index in [1.807, 2.05) is 11.6 Å². The van der Waals surface area contributed by atoms with Crippen molar-refractivity contribution in [3.63, 3.8) is 0 Å². The highest BCUT2D eigenvalue weighted by atomic mass is 16.5. The molecule has 2 aromatic heterocycles. The summed E-state index contributed by atoms with van der Waals surface area (Å²) in [5, 5.41) is 22.9. The number of hydrogen-bond donors (Lipinski definition) is 2. The molecule has 0 saturated carbocycles. The molecular weight excluding hydrogens is 248 g/mol. The van der Waals surface area contributed by atoms with Crippen LogP contribution in [-0.2, 0) is 7.05 Å². The predicted molar refractivity (Wildman–Crippen MR) is 67.0 cm³/mol. The first-order chi connectivity index (χ1) is 9.08.